The van der Waals surface area contributed by atoms with Gasteiger partial charge in [-0.05, 0) is 60.0 Å². The van der Waals surface area contributed by atoms with Gasteiger partial charge in [0, 0.05) is 10.0 Å². The van der Waals surface area contributed by atoms with Gasteiger partial charge in [0.05, 0.1) is 4.91 Å². The van der Waals surface area contributed by atoms with Crippen molar-refractivity contribution < 1.29 is 14.3 Å². The first-order chi connectivity index (χ1) is 14.0. The van der Waals surface area contributed by atoms with Gasteiger partial charge in [0.2, 0.25) is 0 Å². The van der Waals surface area contributed by atoms with E-state index >= 15 is 0 Å². The number of aliphatic imine (C=N–C) groups is 1. The van der Waals surface area contributed by atoms with Crippen molar-refractivity contribution in [3.8, 4) is 11.5 Å². The molecule has 7 heteroatoms. The Kier molecular flexibility index (Phi) is 7.39. The molecule has 3 rings (SSSR count). The monoisotopic (exact) mass is 474 g/mol. The van der Waals surface area contributed by atoms with Crippen LogP contribution in [0, 0.1) is 0 Å². The number of para-hydroxylation sites is 1. The van der Waals surface area contributed by atoms with Crippen molar-refractivity contribution in [1.29, 1.82) is 0 Å². The number of rotatable bonds is 8. The molecule has 152 valence electrons. The van der Waals surface area contributed by atoms with Gasteiger partial charge in [-0.15, -0.1) is 0 Å². The second-order valence-electron chi connectivity index (χ2n) is 6.59. The zero-order valence-electron chi connectivity index (χ0n) is 16.4. The summed E-state index contributed by atoms with van der Waals surface area (Å²) in [5, 5.41) is 0.257. The smallest absolute Gasteiger partial charge is 0.286 e. The molecule has 1 amide bonds. The van der Waals surface area contributed by atoms with Crippen LogP contribution in [0.5, 0.6) is 11.5 Å². The molecule has 29 heavy (non-hydrogen) atoms. The molecule has 2 aromatic rings. The summed E-state index contributed by atoms with van der Waals surface area (Å²) in [7, 11) is 0. The fourth-order valence-corrected chi connectivity index (χ4v) is 3.92. The van der Waals surface area contributed by atoms with Crippen LogP contribution in [0.2, 0.25) is 0 Å². The first kappa shape index (κ1) is 21.5. The summed E-state index contributed by atoms with van der Waals surface area (Å²) in [6.07, 6.45) is 2.80. The Labute approximate surface area is 183 Å². The van der Waals surface area contributed by atoms with Gasteiger partial charge in [-0.1, -0.05) is 48.0 Å². The molecule has 0 bridgehead atoms. The van der Waals surface area contributed by atoms with Crippen LogP contribution in [0.25, 0.3) is 6.08 Å². The van der Waals surface area contributed by atoms with Crippen molar-refractivity contribution in [1.82, 2.24) is 0 Å². The number of carbonyl (C=O) groups excluding carboxylic acids is 1. The highest BCUT2D eigenvalue weighted by Crippen LogP contribution is 2.32. The van der Waals surface area contributed by atoms with E-state index in [1.165, 1.54) is 5.56 Å². The summed E-state index contributed by atoms with van der Waals surface area (Å²) in [6.45, 7) is 5.16. The third kappa shape index (κ3) is 5.64. The lowest BCUT2D eigenvalue weighted by atomic mass is 9.98. The maximum Gasteiger partial charge on any atom is 0.286 e. The predicted octanol–water partition coefficient (Wildman–Crippen LogP) is 5.35. The normalized spacial score (nSPS) is 16.0. The molecule has 0 radical (unpaired) electrons. The van der Waals surface area contributed by atoms with Gasteiger partial charge in [-0.25, -0.2) is 0 Å². The minimum Gasteiger partial charge on any atom is -0.490 e. The van der Waals surface area contributed by atoms with Crippen molar-refractivity contribution in [3.63, 3.8) is 0 Å². The molecule has 2 aromatic carbocycles. The number of hydrogen-bond donors (Lipinski definition) is 1. The van der Waals surface area contributed by atoms with E-state index in [0.717, 1.165) is 34.0 Å². The molecule has 0 saturated carbocycles. The topological polar surface area (TPSA) is 73.9 Å². The lowest BCUT2D eigenvalue weighted by Crippen LogP contribution is -2.11. The summed E-state index contributed by atoms with van der Waals surface area (Å²) in [5.74, 6) is 1.67. The fraction of sp³-hybridized carbons (Fsp3) is 0.273. The summed E-state index contributed by atoms with van der Waals surface area (Å²) in [5.41, 5.74) is 7.61. The minimum atomic E-state index is -0.330. The second-order valence-corrected chi connectivity index (χ2v) is 8.57. The van der Waals surface area contributed by atoms with Crippen molar-refractivity contribution in [2.75, 3.05) is 13.2 Å². The Bertz CT molecular complexity index is 959. The van der Waals surface area contributed by atoms with E-state index in [4.69, 9.17) is 15.2 Å². The minimum absolute atomic E-state index is 0.257. The van der Waals surface area contributed by atoms with Crippen LogP contribution < -0.4 is 15.2 Å². The van der Waals surface area contributed by atoms with Crippen LogP contribution in [0.3, 0.4) is 0 Å². The van der Waals surface area contributed by atoms with Gasteiger partial charge in [-0.3, -0.25) is 4.79 Å². The van der Waals surface area contributed by atoms with E-state index in [1.54, 1.807) is 6.08 Å². The number of amides is 1. The van der Waals surface area contributed by atoms with Crippen LogP contribution in [-0.4, -0.2) is 24.3 Å². The van der Waals surface area contributed by atoms with Crippen molar-refractivity contribution in [2.24, 2.45) is 10.7 Å². The van der Waals surface area contributed by atoms with Crippen LogP contribution in [0.15, 0.2) is 56.8 Å². The van der Waals surface area contributed by atoms with Crippen LogP contribution in [0.4, 0.5) is 0 Å². The molecule has 1 aliphatic rings. The number of benzene rings is 2. The van der Waals surface area contributed by atoms with Gasteiger partial charge in [0.15, 0.2) is 5.17 Å². The standard InChI is InChI=1S/C22H23BrN2O3S/c1-3-14(2)17-6-4-5-7-19(17)28-11-10-27-18-9-8-16(23)12-15(18)13-20-21(26)25-22(24)29-20/h4-9,12-14H,3,10-11H2,1-2H3,(H2,24,25,26)/b20-13+/t14-/m1/s1. The maximum absolute atomic E-state index is 11.9. The third-order valence-electron chi connectivity index (χ3n) is 4.56. The van der Waals surface area contributed by atoms with E-state index < -0.39 is 0 Å². The number of amidine groups is 1. The summed E-state index contributed by atoms with van der Waals surface area (Å²) < 4.78 is 12.8. The zero-order valence-corrected chi connectivity index (χ0v) is 18.8. The van der Waals surface area contributed by atoms with Gasteiger partial charge in [-0.2, -0.15) is 4.99 Å². The number of hydrogen-bond acceptors (Lipinski definition) is 5. The molecule has 0 saturated heterocycles. The predicted molar refractivity (Wildman–Crippen MR) is 122 cm³/mol. The summed E-state index contributed by atoms with van der Waals surface area (Å²) in [4.78, 5) is 16.1. The van der Waals surface area contributed by atoms with Crippen molar-refractivity contribution in [2.45, 2.75) is 26.2 Å². The van der Waals surface area contributed by atoms with E-state index in [1.807, 2.05) is 36.4 Å². The number of ether oxygens (including phenoxy) is 2. The van der Waals surface area contributed by atoms with Gasteiger partial charge < -0.3 is 15.2 Å². The molecular formula is C22H23BrN2O3S. The zero-order chi connectivity index (χ0) is 20.8. The quantitative estimate of drug-likeness (QED) is 0.412. The Hall–Kier alpha value is -2.25. The average molecular weight is 475 g/mol. The lowest BCUT2D eigenvalue weighted by molar-refractivity contribution is -0.113. The Balaban J connectivity index is 1.65. The molecule has 0 unspecified atom stereocenters. The van der Waals surface area contributed by atoms with Gasteiger partial charge >= 0.3 is 0 Å². The van der Waals surface area contributed by atoms with E-state index in [0.29, 0.717) is 29.8 Å². The molecule has 2 N–H and O–H groups in total. The fourth-order valence-electron chi connectivity index (χ4n) is 2.87. The van der Waals surface area contributed by atoms with Crippen LogP contribution >= 0.6 is 27.7 Å². The maximum atomic E-state index is 11.9. The van der Waals surface area contributed by atoms with E-state index in [-0.39, 0.29) is 11.1 Å². The third-order valence-corrected chi connectivity index (χ3v) is 5.86. The molecule has 1 atom stereocenters. The summed E-state index contributed by atoms with van der Waals surface area (Å²) >= 11 is 4.62. The van der Waals surface area contributed by atoms with Gasteiger partial charge in [0.1, 0.15) is 24.7 Å². The Morgan fingerprint density at radius 2 is 1.90 bits per heavy atom. The highest BCUT2D eigenvalue weighted by atomic mass is 79.9. The SMILES string of the molecule is CC[C@@H](C)c1ccccc1OCCOc1ccc(Br)cc1/C=C1/SC(N)=NC1=O. The van der Waals surface area contributed by atoms with Crippen molar-refractivity contribution >= 4 is 44.8 Å². The molecular weight excluding hydrogens is 452 g/mol. The molecule has 0 aromatic heterocycles. The lowest BCUT2D eigenvalue weighted by Gasteiger charge is -2.16. The molecule has 1 aliphatic heterocycles. The van der Waals surface area contributed by atoms with Gasteiger partial charge in [0.25, 0.3) is 5.91 Å². The highest BCUT2D eigenvalue weighted by Gasteiger charge is 2.20. The second kappa shape index (κ2) is 9.98. The molecule has 5 nitrogen and oxygen atoms in total. The molecule has 0 spiro atoms. The van der Waals surface area contributed by atoms with E-state index in [2.05, 4.69) is 40.8 Å². The largest absolute Gasteiger partial charge is 0.490 e. The van der Waals surface area contributed by atoms with Crippen molar-refractivity contribution in [3.05, 3.63) is 63.0 Å². The first-order valence-electron chi connectivity index (χ1n) is 9.40. The average Bonchev–Trinajstić information content (AvgIpc) is 3.03. The number of carbonyl (C=O) groups is 1. The Morgan fingerprint density at radius 1 is 1.17 bits per heavy atom. The number of nitrogens with zero attached hydrogens (tertiary/aromatic N) is 1. The Morgan fingerprint density at radius 3 is 2.59 bits per heavy atom. The number of halogens is 1. The summed E-state index contributed by atoms with van der Waals surface area (Å²) in [6, 6.07) is 13.8. The number of thioether (sulfide) groups is 1. The molecule has 0 fully saturated rings. The number of nitrogens with two attached hydrogens (primary N) is 1. The first-order valence-corrected chi connectivity index (χ1v) is 11.0. The van der Waals surface area contributed by atoms with E-state index in [9.17, 15) is 4.79 Å². The molecule has 0 aliphatic carbocycles. The highest BCUT2D eigenvalue weighted by molar-refractivity contribution is 9.10. The molecule has 1 heterocycles. The van der Waals surface area contributed by atoms with Crippen LogP contribution in [0.1, 0.15) is 37.3 Å². The van der Waals surface area contributed by atoms with Crippen LogP contribution in [-0.2, 0) is 4.79 Å².